The van der Waals surface area contributed by atoms with Crippen LogP contribution in [0.4, 0.5) is 0 Å². The molecule has 1 heteroatoms. The predicted molar refractivity (Wildman–Crippen MR) is 73.1 cm³/mol. The number of hydrogen-bond acceptors (Lipinski definition) is 0. The third-order valence-electron chi connectivity index (χ3n) is 3.77. The summed E-state index contributed by atoms with van der Waals surface area (Å²) in [5.74, 6) is 1.08. The molecule has 1 heterocycles. The topological polar surface area (TPSA) is 4.93 Å². The molecule has 1 atom stereocenters. The molecule has 0 amide bonds. The summed E-state index contributed by atoms with van der Waals surface area (Å²) < 4.78 is 2.23. The van der Waals surface area contributed by atoms with Gasteiger partial charge in [0.05, 0.1) is 0 Å². The zero-order valence-corrected chi connectivity index (χ0v) is 10.3. The molecule has 0 saturated carbocycles. The van der Waals surface area contributed by atoms with Gasteiger partial charge in [0, 0.05) is 30.1 Å². The summed E-state index contributed by atoms with van der Waals surface area (Å²) in [4.78, 5) is 0. The first-order valence-electron chi connectivity index (χ1n) is 6.16. The summed E-state index contributed by atoms with van der Waals surface area (Å²) in [6.07, 6.45) is 11.1. The quantitative estimate of drug-likeness (QED) is 0.724. The van der Waals surface area contributed by atoms with E-state index in [4.69, 9.17) is 0 Å². The first kappa shape index (κ1) is 10.4. The Morgan fingerprint density at radius 1 is 1.12 bits per heavy atom. The van der Waals surface area contributed by atoms with E-state index in [1.807, 2.05) is 0 Å². The second-order valence-corrected chi connectivity index (χ2v) is 4.85. The molecule has 0 spiro atoms. The van der Waals surface area contributed by atoms with Gasteiger partial charge in [0.15, 0.2) is 0 Å². The molecule has 0 fully saturated rings. The first-order valence-corrected chi connectivity index (χ1v) is 6.16. The van der Waals surface area contributed by atoms with Crippen LogP contribution in [-0.4, -0.2) is 4.57 Å². The van der Waals surface area contributed by atoms with Crippen molar-refractivity contribution in [2.75, 3.05) is 0 Å². The van der Waals surface area contributed by atoms with Crippen LogP contribution in [0.5, 0.6) is 0 Å². The van der Waals surface area contributed by atoms with Crippen LogP contribution in [0, 0.1) is 5.92 Å². The number of aromatic nitrogens is 1. The summed E-state index contributed by atoms with van der Waals surface area (Å²) in [6.45, 7) is 2.31. The molecule has 3 rings (SSSR count). The molecular weight excluding hydrogens is 206 g/mol. The SMILES string of the molecule is C[C@@H](c1cn(C)c2ccccc12)C1C=CC=C1. The predicted octanol–water partition coefficient (Wildman–Crippen LogP) is 4.02. The fourth-order valence-electron chi connectivity index (χ4n) is 2.73. The van der Waals surface area contributed by atoms with Crippen molar-refractivity contribution >= 4 is 10.9 Å². The molecule has 1 aliphatic carbocycles. The van der Waals surface area contributed by atoms with Crippen molar-refractivity contribution in [2.24, 2.45) is 13.0 Å². The van der Waals surface area contributed by atoms with Gasteiger partial charge in [-0.25, -0.2) is 0 Å². The Kier molecular flexibility index (Phi) is 2.40. The Morgan fingerprint density at radius 3 is 2.59 bits per heavy atom. The second-order valence-electron chi connectivity index (χ2n) is 4.85. The van der Waals surface area contributed by atoms with Crippen LogP contribution < -0.4 is 0 Å². The van der Waals surface area contributed by atoms with Gasteiger partial charge in [-0.1, -0.05) is 49.4 Å². The lowest BCUT2D eigenvalue weighted by atomic mass is 9.88. The second kappa shape index (κ2) is 3.92. The van der Waals surface area contributed by atoms with Crippen molar-refractivity contribution in [3.8, 4) is 0 Å². The molecule has 1 nitrogen and oxygen atoms in total. The normalized spacial score (nSPS) is 17.1. The van der Waals surface area contributed by atoms with Crippen LogP contribution in [0.1, 0.15) is 18.4 Å². The average molecular weight is 223 g/mol. The van der Waals surface area contributed by atoms with Gasteiger partial charge in [-0.15, -0.1) is 0 Å². The van der Waals surface area contributed by atoms with Crippen molar-refractivity contribution in [1.29, 1.82) is 0 Å². The molecule has 0 N–H and O–H groups in total. The van der Waals surface area contributed by atoms with Crippen molar-refractivity contribution in [2.45, 2.75) is 12.8 Å². The van der Waals surface area contributed by atoms with Gasteiger partial charge < -0.3 is 4.57 Å². The molecule has 0 aliphatic heterocycles. The Bertz CT molecular complexity index is 589. The van der Waals surface area contributed by atoms with Gasteiger partial charge in [-0.05, 0) is 17.5 Å². The third kappa shape index (κ3) is 1.62. The Hall–Kier alpha value is -1.76. The largest absolute Gasteiger partial charge is 0.350 e. The minimum absolute atomic E-state index is 0.538. The highest BCUT2D eigenvalue weighted by Crippen LogP contribution is 2.34. The summed E-state index contributed by atoms with van der Waals surface area (Å²) in [5, 5.41) is 1.39. The fraction of sp³-hybridized carbons (Fsp3) is 0.250. The number of nitrogens with zero attached hydrogens (tertiary/aromatic N) is 1. The zero-order valence-electron chi connectivity index (χ0n) is 10.3. The van der Waals surface area contributed by atoms with Gasteiger partial charge in [0.25, 0.3) is 0 Å². The molecule has 0 bridgehead atoms. The van der Waals surface area contributed by atoms with E-state index >= 15 is 0 Å². The van der Waals surface area contributed by atoms with Gasteiger partial charge in [0.2, 0.25) is 0 Å². The van der Waals surface area contributed by atoms with Crippen LogP contribution in [-0.2, 0) is 7.05 Å². The van der Waals surface area contributed by atoms with E-state index < -0.39 is 0 Å². The van der Waals surface area contributed by atoms with Gasteiger partial charge in [-0.2, -0.15) is 0 Å². The molecule has 86 valence electrons. The first-order chi connectivity index (χ1) is 8.27. The molecule has 1 aromatic carbocycles. The molecular formula is C16H17N. The molecule has 1 aliphatic rings. The minimum atomic E-state index is 0.538. The van der Waals surface area contributed by atoms with E-state index in [0.29, 0.717) is 11.8 Å². The third-order valence-corrected chi connectivity index (χ3v) is 3.77. The lowest BCUT2D eigenvalue weighted by Gasteiger charge is -2.15. The van der Waals surface area contributed by atoms with Crippen LogP contribution in [0.2, 0.25) is 0 Å². The number of fused-ring (bicyclic) bond motifs is 1. The molecule has 0 radical (unpaired) electrons. The van der Waals surface area contributed by atoms with E-state index in [1.54, 1.807) is 0 Å². The lowest BCUT2D eigenvalue weighted by molar-refractivity contribution is 0.656. The zero-order chi connectivity index (χ0) is 11.8. The summed E-state index contributed by atoms with van der Waals surface area (Å²) in [7, 11) is 2.12. The molecule has 0 saturated heterocycles. The van der Waals surface area contributed by atoms with Crippen LogP contribution in [0.15, 0.2) is 54.8 Å². The van der Waals surface area contributed by atoms with Crippen molar-refractivity contribution in [1.82, 2.24) is 4.57 Å². The smallest absolute Gasteiger partial charge is 0.0480 e. The highest BCUT2D eigenvalue weighted by atomic mass is 14.9. The summed E-state index contributed by atoms with van der Waals surface area (Å²) in [5.41, 5.74) is 2.77. The van der Waals surface area contributed by atoms with Crippen LogP contribution in [0.25, 0.3) is 10.9 Å². The highest BCUT2D eigenvalue weighted by molar-refractivity contribution is 5.84. The molecule has 1 aromatic heterocycles. The summed E-state index contributed by atoms with van der Waals surface area (Å²) in [6, 6.07) is 8.64. The summed E-state index contributed by atoms with van der Waals surface area (Å²) >= 11 is 0. The number of benzene rings is 1. The average Bonchev–Trinajstić information content (AvgIpc) is 2.97. The van der Waals surface area contributed by atoms with Crippen LogP contribution in [0.3, 0.4) is 0 Å². The molecule has 17 heavy (non-hydrogen) atoms. The van der Waals surface area contributed by atoms with Gasteiger partial charge in [-0.3, -0.25) is 0 Å². The fourth-order valence-corrected chi connectivity index (χ4v) is 2.73. The van der Waals surface area contributed by atoms with Crippen LogP contribution >= 0.6 is 0 Å². The Morgan fingerprint density at radius 2 is 1.82 bits per heavy atom. The maximum absolute atomic E-state index is 2.31. The van der Waals surface area contributed by atoms with E-state index in [2.05, 4.69) is 73.3 Å². The van der Waals surface area contributed by atoms with Crippen molar-refractivity contribution in [3.63, 3.8) is 0 Å². The van der Waals surface area contributed by atoms with E-state index in [9.17, 15) is 0 Å². The van der Waals surface area contributed by atoms with E-state index in [1.165, 1.54) is 16.5 Å². The Balaban J connectivity index is 2.11. The van der Waals surface area contributed by atoms with Gasteiger partial charge >= 0.3 is 0 Å². The lowest BCUT2D eigenvalue weighted by Crippen LogP contribution is -2.02. The molecule has 2 aromatic rings. The number of hydrogen-bond donors (Lipinski definition) is 0. The van der Waals surface area contributed by atoms with Crippen molar-refractivity contribution < 1.29 is 0 Å². The number of allylic oxidation sites excluding steroid dienone is 4. The number of para-hydroxylation sites is 1. The maximum atomic E-state index is 2.31. The standard InChI is InChI=1S/C16H17N/c1-12(13-7-3-4-8-13)15-11-17(2)16-10-6-5-9-14(15)16/h3-13H,1-2H3/t12-/m1/s1. The maximum Gasteiger partial charge on any atom is 0.0480 e. The van der Waals surface area contributed by atoms with Crippen molar-refractivity contribution in [3.05, 3.63) is 60.3 Å². The van der Waals surface area contributed by atoms with Gasteiger partial charge in [0.1, 0.15) is 0 Å². The Labute approximate surface area is 102 Å². The van der Waals surface area contributed by atoms with E-state index in [-0.39, 0.29) is 0 Å². The monoisotopic (exact) mass is 223 g/mol. The number of rotatable bonds is 2. The minimum Gasteiger partial charge on any atom is -0.350 e. The highest BCUT2D eigenvalue weighted by Gasteiger charge is 2.19. The molecule has 0 unspecified atom stereocenters. The number of aryl methyl sites for hydroxylation is 1. The van der Waals surface area contributed by atoms with E-state index in [0.717, 1.165) is 0 Å².